The summed E-state index contributed by atoms with van der Waals surface area (Å²) in [7, 11) is 0. The molecular formula is C12H22N2O5. The van der Waals surface area contributed by atoms with Crippen LogP contribution in [-0.4, -0.2) is 65.6 Å². The van der Waals surface area contributed by atoms with Crippen LogP contribution in [0.15, 0.2) is 0 Å². The molecule has 1 aliphatic heterocycles. The van der Waals surface area contributed by atoms with Crippen LogP contribution in [-0.2, 0) is 9.53 Å². The van der Waals surface area contributed by atoms with Gasteiger partial charge in [0.1, 0.15) is 6.04 Å². The van der Waals surface area contributed by atoms with Crippen molar-refractivity contribution in [3.05, 3.63) is 0 Å². The lowest BCUT2D eigenvalue weighted by molar-refractivity contribution is -0.142. The van der Waals surface area contributed by atoms with E-state index >= 15 is 0 Å². The molecule has 110 valence electrons. The third-order valence-corrected chi connectivity index (χ3v) is 3.08. The fourth-order valence-corrected chi connectivity index (χ4v) is 1.93. The number of urea groups is 1. The van der Waals surface area contributed by atoms with Crippen molar-refractivity contribution >= 4 is 12.0 Å². The molecule has 1 aliphatic rings. The van der Waals surface area contributed by atoms with Gasteiger partial charge in [0.05, 0.1) is 25.9 Å². The normalized spacial score (nSPS) is 21.9. The second-order valence-electron chi connectivity index (χ2n) is 5.69. The molecule has 19 heavy (non-hydrogen) atoms. The Labute approximate surface area is 112 Å². The molecule has 1 heterocycles. The highest BCUT2D eigenvalue weighted by Gasteiger charge is 2.35. The lowest BCUT2D eigenvalue weighted by Crippen LogP contribution is -2.58. The molecule has 1 unspecified atom stereocenters. The van der Waals surface area contributed by atoms with Gasteiger partial charge in [0.15, 0.2) is 0 Å². The van der Waals surface area contributed by atoms with Crippen molar-refractivity contribution in [3.63, 3.8) is 0 Å². The number of hydrogen-bond acceptors (Lipinski definition) is 4. The molecule has 0 bridgehead atoms. The molecule has 0 aromatic rings. The summed E-state index contributed by atoms with van der Waals surface area (Å²) in [6, 6.07) is -1.89. The van der Waals surface area contributed by atoms with Gasteiger partial charge in [-0.3, -0.25) is 0 Å². The molecule has 3 N–H and O–H groups in total. The largest absolute Gasteiger partial charge is 0.480 e. The Balaban J connectivity index is 2.73. The third-order valence-electron chi connectivity index (χ3n) is 3.08. The highest BCUT2D eigenvalue weighted by Crippen LogP contribution is 2.20. The number of nitrogens with zero attached hydrogens (tertiary/aromatic N) is 1. The van der Waals surface area contributed by atoms with E-state index < -0.39 is 29.5 Å². The van der Waals surface area contributed by atoms with Crippen molar-refractivity contribution in [2.24, 2.45) is 5.41 Å². The van der Waals surface area contributed by atoms with E-state index in [-0.39, 0.29) is 13.2 Å². The summed E-state index contributed by atoms with van der Waals surface area (Å²) in [6.07, 6.45) is 0. The van der Waals surface area contributed by atoms with E-state index in [0.29, 0.717) is 13.2 Å². The number of carboxylic acid groups (broad SMARTS) is 1. The van der Waals surface area contributed by atoms with E-state index in [0.717, 1.165) is 0 Å². The Kier molecular flexibility index (Phi) is 5.13. The number of aliphatic hydroxyl groups excluding tert-OH is 1. The summed E-state index contributed by atoms with van der Waals surface area (Å²) < 4.78 is 5.18. The van der Waals surface area contributed by atoms with E-state index in [9.17, 15) is 19.8 Å². The van der Waals surface area contributed by atoms with Crippen LogP contribution in [0.25, 0.3) is 0 Å². The zero-order valence-corrected chi connectivity index (χ0v) is 11.5. The molecule has 0 aliphatic carbocycles. The number of ether oxygens (including phenoxy) is 1. The zero-order valence-electron chi connectivity index (χ0n) is 11.5. The van der Waals surface area contributed by atoms with E-state index in [2.05, 4.69) is 5.32 Å². The molecule has 0 aromatic heterocycles. The van der Waals surface area contributed by atoms with Crippen molar-refractivity contribution in [2.45, 2.75) is 32.9 Å². The Morgan fingerprint density at radius 2 is 2.11 bits per heavy atom. The van der Waals surface area contributed by atoms with Gasteiger partial charge in [-0.1, -0.05) is 20.8 Å². The van der Waals surface area contributed by atoms with Gasteiger partial charge in [-0.05, 0) is 5.41 Å². The van der Waals surface area contributed by atoms with Crippen LogP contribution in [0.4, 0.5) is 4.79 Å². The van der Waals surface area contributed by atoms with Crippen molar-refractivity contribution in [3.8, 4) is 0 Å². The molecule has 1 rings (SSSR count). The summed E-state index contributed by atoms with van der Waals surface area (Å²) in [6.45, 7) is 6.02. The summed E-state index contributed by atoms with van der Waals surface area (Å²) in [5, 5.41) is 20.9. The molecule has 1 fully saturated rings. The first-order chi connectivity index (χ1) is 8.77. The highest BCUT2D eigenvalue weighted by molar-refractivity contribution is 5.83. The number of amides is 2. The summed E-state index contributed by atoms with van der Waals surface area (Å²) >= 11 is 0. The lowest BCUT2D eigenvalue weighted by atomic mass is 9.87. The van der Waals surface area contributed by atoms with Gasteiger partial charge in [-0.25, -0.2) is 9.59 Å². The number of morpholine rings is 1. The van der Waals surface area contributed by atoms with Crippen molar-refractivity contribution in [1.29, 1.82) is 0 Å². The van der Waals surface area contributed by atoms with Gasteiger partial charge >= 0.3 is 12.0 Å². The Bertz CT molecular complexity index is 340. The molecule has 0 radical (unpaired) electrons. The minimum absolute atomic E-state index is 0.208. The topological polar surface area (TPSA) is 99.1 Å². The first-order valence-electron chi connectivity index (χ1n) is 6.26. The lowest BCUT2D eigenvalue weighted by Gasteiger charge is -2.36. The maximum atomic E-state index is 12.1. The maximum absolute atomic E-state index is 12.1. The molecule has 1 saturated heterocycles. The molecule has 2 amide bonds. The zero-order chi connectivity index (χ0) is 14.6. The fraction of sp³-hybridized carbons (Fsp3) is 0.833. The van der Waals surface area contributed by atoms with Crippen molar-refractivity contribution in [2.75, 3.05) is 26.4 Å². The highest BCUT2D eigenvalue weighted by atomic mass is 16.5. The molecule has 2 atom stereocenters. The smallest absolute Gasteiger partial charge is 0.326 e. The molecule has 7 heteroatoms. The minimum atomic E-state index is -1.07. The van der Waals surface area contributed by atoms with Crippen molar-refractivity contribution in [1.82, 2.24) is 10.2 Å². The van der Waals surface area contributed by atoms with Crippen LogP contribution < -0.4 is 5.32 Å². The van der Waals surface area contributed by atoms with Crippen LogP contribution in [0.5, 0.6) is 0 Å². The number of rotatable bonds is 3. The van der Waals surface area contributed by atoms with E-state index in [4.69, 9.17) is 4.74 Å². The average molecular weight is 274 g/mol. The predicted molar refractivity (Wildman–Crippen MR) is 67.8 cm³/mol. The van der Waals surface area contributed by atoms with Gasteiger partial charge in [0, 0.05) is 6.54 Å². The van der Waals surface area contributed by atoms with Crippen LogP contribution in [0, 0.1) is 5.41 Å². The maximum Gasteiger partial charge on any atom is 0.326 e. The van der Waals surface area contributed by atoms with Gasteiger partial charge < -0.3 is 25.2 Å². The molecule has 7 nitrogen and oxygen atoms in total. The van der Waals surface area contributed by atoms with E-state index in [1.807, 2.05) is 0 Å². The Hall–Kier alpha value is -1.34. The number of carbonyl (C=O) groups is 2. The summed E-state index contributed by atoms with van der Waals surface area (Å²) in [5.41, 5.74) is -0.595. The number of carbonyl (C=O) groups excluding carboxylic acids is 1. The van der Waals surface area contributed by atoms with E-state index in [1.165, 1.54) is 4.90 Å². The van der Waals surface area contributed by atoms with Crippen LogP contribution in [0.3, 0.4) is 0 Å². The van der Waals surface area contributed by atoms with Crippen molar-refractivity contribution < 1.29 is 24.5 Å². The number of hydrogen-bond donors (Lipinski definition) is 3. The number of aliphatic carboxylic acids is 1. The monoisotopic (exact) mass is 274 g/mol. The van der Waals surface area contributed by atoms with Crippen LogP contribution in [0.1, 0.15) is 20.8 Å². The molecule has 0 aromatic carbocycles. The van der Waals surface area contributed by atoms with Gasteiger partial charge in [0.2, 0.25) is 0 Å². The second-order valence-corrected chi connectivity index (χ2v) is 5.69. The number of aliphatic hydroxyl groups is 1. The van der Waals surface area contributed by atoms with E-state index in [1.54, 1.807) is 20.8 Å². The van der Waals surface area contributed by atoms with Crippen LogP contribution in [0.2, 0.25) is 0 Å². The SMILES string of the molecule is CC(C)(C)[C@@H](NC(=O)N1CCOCC1CO)C(=O)O. The minimum Gasteiger partial charge on any atom is -0.480 e. The number of nitrogens with one attached hydrogen (secondary N) is 1. The standard InChI is InChI=1S/C12H22N2O5/c1-12(2,3)9(10(16)17)13-11(18)14-4-5-19-7-8(14)6-15/h8-9,15H,4-7H2,1-3H3,(H,13,18)(H,16,17)/t8?,9-/m0/s1. The quantitative estimate of drug-likeness (QED) is 0.667. The second kappa shape index (κ2) is 6.21. The third kappa shape index (κ3) is 4.07. The Morgan fingerprint density at radius 1 is 1.47 bits per heavy atom. The average Bonchev–Trinajstić information content (AvgIpc) is 2.33. The fourth-order valence-electron chi connectivity index (χ4n) is 1.93. The summed E-state index contributed by atoms with van der Waals surface area (Å²) in [4.78, 5) is 24.7. The van der Waals surface area contributed by atoms with Gasteiger partial charge in [-0.15, -0.1) is 0 Å². The van der Waals surface area contributed by atoms with Crippen LogP contribution >= 0.6 is 0 Å². The Morgan fingerprint density at radius 3 is 2.58 bits per heavy atom. The van der Waals surface area contributed by atoms with Gasteiger partial charge in [0.25, 0.3) is 0 Å². The van der Waals surface area contributed by atoms with Gasteiger partial charge in [-0.2, -0.15) is 0 Å². The molecular weight excluding hydrogens is 252 g/mol. The summed E-state index contributed by atoms with van der Waals surface area (Å²) in [5.74, 6) is -1.07. The molecule has 0 saturated carbocycles. The molecule has 0 spiro atoms. The first kappa shape index (κ1) is 15.7. The first-order valence-corrected chi connectivity index (χ1v) is 6.26. The number of carboxylic acids is 1. The predicted octanol–water partition coefficient (Wildman–Crippen LogP) is -0.112.